The second-order valence-electron chi connectivity index (χ2n) is 7.66. The zero-order chi connectivity index (χ0) is 23.7. The molecule has 0 saturated heterocycles. The minimum absolute atomic E-state index is 0.144. The molecule has 2 aromatic rings. The maximum atomic E-state index is 13.3. The van der Waals surface area contributed by atoms with Crippen molar-refractivity contribution in [1.82, 2.24) is 14.5 Å². The summed E-state index contributed by atoms with van der Waals surface area (Å²) in [7, 11) is -2.22. The average molecular weight is 480 g/mol. The van der Waals surface area contributed by atoms with Crippen LogP contribution in [0.15, 0.2) is 54.6 Å². The predicted octanol–water partition coefficient (Wildman–Crippen LogP) is 2.70. The molecule has 0 aromatic heterocycles. The van der Waals surface area contributed by atoms with Gasteiger partial charge in [0.1, 0.15) is 6.04 Å². The highest BCUT2D eigenvalue weighted by molar-refractivity contribution is 7.88. The van der Waals surface area contributed by atoms with Gasteiger partial charge in [-0.3, -0.25) is 9.59 Å². The molecule has 0 radical (unpaired) electrons. The molecular weight excluding hydrogens is 450 g/mol. The van der Waals surface area contributed by atoms with Crippen molar-refractivity contribution in [3.05, 3.63) is 70.7 Å². The van der Waals surface area contributed by atoms with Crippen LogP contribution in [-0.2, 0) is 32.6 Å². The first-order valence-corrected chi connectivity index (χ1v) is 12.6. The molecule has 1 atom stereocenters. The van der Waals surface area contributed by atoms with E-state index in [9.17, 15) is 18.0 Å². The normalized spacial score (nSPS) is 12.4. The monoisotopic (exact) mass is 479 g/mol. The van der Waals surface area contributed by atoms with Gasteiger partial charge in [0, 0.05) is 31.6 Å². The summed E-state index contributed by atoms with van der Waals surface area (Å²) >= 11 is 5.99. The maximum absolute atomic E-state index is 13.3. The molecule has 9 heteroatoms. The number of nitrogens with one attached hydrogen (secondary N) is 1. The number of hydrogen-bond acceptors (Lipinski definition) is 4. The van der Waals surface area contributed by atoms with Gasteiger partial charge in [0.2, 0.25) is 21.8 Å². The zero-order valence-corrected chi connectivity index (χ0v) is 20.2. The van der Waals surface area contributed by atoms with Crippen LogP contribution >= 0.6 is 11.6 Å². The molecule has 0 unspecified atom stereocenters. The van der Waals surface area contributed by atoms with E-state index >= 15 is 0 Å². The van der Waals surface area contributed by atoms with Gasteiger partial charge in [0.05, 0.1) is 12.8 Å². The molecule has 2 rings (SSSR count). The Bertz CT molecular complexity index is 998. The molecule has 0 aliphatic rings. The van der Waals surface area contributed by atoms with E-state index in [1.165, 1.54) is 11.9 Å². The first-order chi connectivity index (χ1) is 15.1. The number of carbonyl (C=O) groups excluding carboxylic acids is 2. The molecular formula is C23H30ClN3O4S. The predicted molar refractivity (Wildman–Crippen MR) is 127 cm³/mol. The van der Waals surface area contributed by atoms with Gasteiger partial charge in [-0.25, -0.2) is 8.42 Å². The topological polar surface area (TPSA) is 86.8 Å². The summed E-state index contributed by atoms with van der Waals surface area (Å²) in [5.74, 6) is -0.736. The Labute approximate surface area is 195 Å². The van der Waals surface area contributed by atoms with Crippen molar-refractivity contribution in [2.75, 3.05) is 26.4 Å². The fourth-order valence-corrected chi connectivity index (χ4v) is 3.58. The van der Waals surface area contributed by atoms with Crippen LogP contribution in [0.25, 0.3) is 0 Å². The Hall–Kier alpha value is -2.42. The number of benzene rings is 2. The van der Waals surface area contributed by atoms with Crippen LogP contribution in [0.3, 0.4) is 0 Å². The quantitative estimate of drug-likeness (QED) is 0.536. The Morgan fingerprint density at radius 3 is 2.22 bits per heavy atom. The van der Waals surface area contributed by atoms with Crippen molar-refractivity contribution in [2.24, 2.45) is 0 Å². The van der Waals surface area contributed by atoms with E-state index in [2.05, 4.69) is 5.32 Å². The largest absolute Gasteiger partial charge is 0.354 e. The first kappa shape index (κ1) is 25.8. The molecule has 2 aromatic carbocycles. The van der Waals surface area contributed by atoms with Crippen molar-refractivity contribution in [3.63, 3.8) is 0 Å². The molecule has 174 valence electrons. The average Bonchev–Trinajstić information content (AvgIpc) is 2.75. The number of halogens is 1. The van der Waals surface area contributed by atoms with Crippen LogP contribution in [0.2, 0.25) is 5.02 Å². The third kappa shape index (κ3) is 7.93. The highest BCUT2D eigenvalue weighted by Crippen LogP contribution is 2.17. The van der Waals surface area contributed by atoms with Gasteiger partial charge < -0.3 is 10.2 Å². The third-order valence-electron chi connectivity index (χ3n) is 5.01. The summed E-state index contributed by atoms with van der Waals surface area (Å²) in [6.07, 6.45) is 2.10. The molecule has 0 heterocycles. The van der Waals surface area contributed by atoms with Crippen molar-refractivity contribution in [1.29, 1.82) is 0 Å². The number of nitrogens with zero attached hydrogens (tertiary/aromatic N) is 2. The van der Waals surface area contributed by atoms with Gasteiger partial charge in [-0.15, -0.1) is 0 Å². The highest BCUT2D eigenvalue weighted by Gasteiger charge is 2.31. The summed E-state index contributed by atoms with van der Waals surface area (Å²) < 4.78 is 24.7. The van der Waals surface area contributed by atoms with Gasteiger partial charge in [-0.2, -0.15) is 4.31 Å². The molecule has 0 aliphatic carbocycles. The summed E-state index contributed by atoms with van der Waals surface area (Å²) in [4.78, 5) is 27.9. The Morgan fingerprint density at radius 2 is 1.66 bits per heavy atom. The van der Waals surface area contributed by atoms with Crippen molar-refractivity contribution < 1.29 is 18.0 Å². The van der Waals surface area contributed by atoms with Crippen LogP contribution in [0.4, 0.5) is 0 Å². The Kier molecular flexibility index (Phi) is 9.68. The van der Waals surface area contributed by atoms with Gasteiger partial charge in [0.15, 0.2) is 0 Å². The first-order valence-electron chi connectivity index (χ1n) is 10.4. The lowest BCUT2D eigenvalue weighted by Crippen LogP contribution is -2.53. The lowest BCUT2D eigenvalue weighted by Gasteiger charge is -2.32. The summed E-state index contributed by atoms with van der Waals surface area (Å²) in [5, 5.41) is 3.44. The number of amides is 2. The van der Waals surface area contributed by atoms with Crippen LogP contribution in [0.5, 0.6) is 0 Å². The Morgan fingerprint density at radius 1 is 1.03 bits per heavy atom. The van der Waals surface area contributed by atoms with Gasteiger partial charge >= 0.3 is 0 Å². The van der Waals surface area contributed by atoms with E-state index in [1.807, 2.05) is 37.3 Å². The molecule has 0 spiro atoms. The molecule has 1 N–H and O–H groups in total. The van der Waals surface area contributed by atoms with E-state index in [0.717, 1.165) is 28.1 Å². The number of carbonyl (C=O) groups is 2. The van der Waals surface area contributed by atoms with Crippen molar-refractivity contribution in [2.45, 2.75) is 32.4 Å². The number of rotatable bonds is 11. The fraction of sp³-hybridized carbons (Fsp3) is 0.391. The lowest BCUT2D eigenvalue weighted by molar-refractivity contribution is -0.141. The SMILES string of the molecule is CCCNC(=O)[C@@H](Cc1ccccc1)N(Cc1ccc(Cl)cc1)C(=O)CN(C)S(C)(=O)=O. The van der Waals surface area contributed by atoms with Crippen LogP contribution in [-0.4, -0.2) is 61.9 Å². The molecule has 7 nitrogen and oxygen atoms in total. The number of likely N-dealkylation sites (N-methyl/N-ethyl adjacent to an activating group) is 1. The summed E-state index contributed by atoms with van der Waals surface area (Å²) in [6.45, 7) is 2.21. The lowest BCUT2D eigenvalue weighted by atomic mass is 10.0. The molecule has 0 saturated carbocycles. The van der Waals surface area contributed by atoms with Crippen molar-refractivity contribution >= 4 is 33.4 Å². The van der Waals surface area contributed by atoms with Crippen molar-refractivity contribution in [3.8, 4) is 0 Å². The molecule has 2 amide bonds. The van der Waals surface area contributed by atoms with Crippen LogP contribution in [0.1, 0.15) is 24.5 Å². The van der Waals surface area contributed by atoms with E-state index in [-0.39, 0.29) is 19.0 Å². The summed E-state index contributed by atoms with van der Waals surface area (Å²) in [6, 6.07) is 15.6. The minimum atomic E-state index is -3.56. The minimum Gasteiger partial charge on any atom is -0.354 e. The fourth-order valence-electron chi connectivity index (χ4n) is 3.11. The molecule has 32 heavy (non-hydrogen) atoms. The van der Waals surface area contributed by atoms with Gasteiger partial charge in [-0.05, 0) is 29.7 Å². The van der Waals surface area contributed by atoms with Crippen LogP contribution in [0, 0.1) is 0 Å². The standard InChI is InChI=1S/C23H30ClN3O4S/c1-4-14-25-23(29)21(15-18-8-6-5-7-9-18)27(16-19-10-12-20(24)13-11-19)22(28)17-26(2)32(3,30)31/h5-13,21H,4,14-17H2,1-3H3,(H,25,29)/t21-/m1/s1. The Balaban J connectivity index is 2.41. The number of hydrogen-bond donors (Lipinski definition) is 1. The second kappa shape index (κ2) is 12.0. The van der Waals surface area contributed by atoms with Gasteiger partial charge in [-0.1, -0.05) is 61.0 Å². The molecule has 0 bridgehead atoms. The maximum Gasteiger partial charge on any atom is 0.243 e. The smallest absolute Gasteiger partial charge is 0.243 e. The van der Waals surface area contributed by atoms with E-state index in [1.54, 1.807) is 24.3 Å². The zero-order valence-electron chi connectivity index (χ0n) is 18.6. The van der Waals surface area contributed by atoms with E-state index in [4.69, 9.17) is 11.6 Å². The molecule has 0 aliphatic heterocycles. The van der Waals surface area contributed by atoms with E-state index < -0.39 is 22.0 Å². The third-order valence-corrected chi connectivity index (χ3v) is 6.52. The van der Waals surface area contributed by atoms with E-state index in [0.29, 0.717) is 18.0 Å². The summed E-state index contributed by atoms with van der Waals surface area (Å²) in [5.41, 5.74) is 1.68. The van der Waals surface area contributed by atoms with Gasteiger partial charge in [0.25, 0.3) is 0 Å². The van der Waals surface area contributed by atoms with Crippen LogP contribution < -0.4 is 5.32 Å². The highest BCUT2D eigenvalue weighted by atomic mass is 35.5. The number of sulfonamides is 1. The second-order valence-corrected chi connectivity index (χ2v) is 10.2. The molecule has 0 fully saturated rings.